The largest absolute Gasteiger partial charge is 0.366 e. The lowest BCUT2D eigenvalue weighted by atomic mass is 10.2. The molecule has 1 atom stereocenters. The highest BCUT2D eigenvalue weighted by Crippen LogP contribution is 2.14. The van der Waals surface area contributed by atoms with E-state index in [1.165, 1.54) is 0 Å². The van der Waals surface area contributed by atoms with Gasteiger partial charge < -0.3 is 15.4 Å². The summed E-state index contributed by atoms with van der Waals surface area (Å²) in [5.74, 6) is 0.485. The highest BCUT2D eigenvalue weighted by atomic mass is 35.5. The number of ether oxygens (including phenoxy) is 1. The molecule has 2 heterocycles. The third-order valence-electron chi connectivity index (χ3n) is 3.43. The lowest BCUT2D eigenvalue weighted by molar-refractivity contribution is -0.128. The molecule has 1 aliphatic rings. The SMILES string of the molecule is O=C(Nc1ccnn1Cc1ccc(Cl)cc1)[C@@H]1CNCCO1. The number of nitrogens with zero attached hydrogens (tertiary/aromatic N) is 2. The van der Waals surface area contributed by atoms with Crippen LogP contribution in [0.1, 0.15) is 5.56 Å². The molecule has 0 radical (unpaired) electrons. The van der Waals surface area contributed by atoms with Crippen LogP contribution in [-0.4, -0.2) is 41.5 Å². The van der Waals surface area contributed by atoms with Crippen LogP contribution in [-0.2, 0) is 16.1 Å². The van der Waals surface area contributed by atoms with E-state index >= 15 is 0 Å². The Morgan fingerprint density at radius 3 is 2.95 bits per heavy atom. The monoisotopic (exact) mass is 320 g/mol. The minimum Gasteiger partial charge on any atom is -0.366 e. The van der Waals surface area contributed by atoms with Crippen LogP contribution in [0.5, 0.6) is 0 Å². The number of aromatic nitrogens is 2. The van der Waals surface area contributed by atoms with Crippen molar-refractivity contribution in [2.75, 3.05) is 25.0 Å². The summed E-state index contributed by atoms with van der Waals surface area (Å²) in [5, 5.41) is 10.9. The molecule has 6 nitrogen and oxygen atoms in total. The zero-order valence-electron chi connectivity index (χ0n) is 12.0. The normalized spacial score (nSPS) is 18.1. The Kier molecular flexibility index (Phi) is 4.72. The zero-order valence-corrected chi connectivity index (χ0v) is 12.7. The molecule has 1 amide bonds. The molecule has 0 unspecified atom stereocenters. The minimum atomic E-state index is -0.465. The molecule has 22 heavy (non-hydrogen) atoms. The fourth-order valence-corrected chi connectivity index (χ4v) is 2.39. The standard InChI is InChI=1S/C15H17ClN4O2/c16-12-3-1-11(2-4-12)10-20-14(5-6-18-20)19-15(21)13-9-17-7-8-22-13/h1-6,13,17H,7-10H2,(H,19,21)/t13-/m0/s1. The Balaban J connectivity index is 1.66. The van der Waals surface area contributed by atoms with Gasteiger partial charge in [-0.15, -0.1) is 0 Å². The summed E-state index contributed by atoms with van der Waals surface area (Å²) in [5.41, 5.74) is 1.05. The van der Waals surface area contributed by atoms with Gasteiger partial charge in [-0.2, -0.15) is 5.10 Å². The maximum atomic E-state index is 12.2. The fraction of sp³-hybridized carbons (Fsp3) is 0.333. The number of hydrogen-bond acceptors (Lipinski definition) is 4. The lowest BCUT2D eigenvalue weighted by Gasteiger charge is -2.22. The van der Waals surface area contributed by atoms with Gasteiger partial charge in [0, 0.05) is 24.2 Å². The molecule has 1 aliphatic heterocycles. The fourth-order valence-electron chi connectivity index (χ4n) is 2.27. The van der Waals surface area contributed by atoms with Crippen molar-refractivity contribution in [3.8, 4) is 0 Å². The molecule has 1 fully saturated rings. The van der Waals surface area contributed by atoms with Crippen molar-refractivity contribution in [2.24, 2.45) is 0 Å². The maximum absolute atomic E-state index is 12.2. The van der Waals surface area contributed by atoms with Crippen LogP contribution in [0.25, 0.3) is 0 Å². The van der Waals surface area contributed by atoms with Gasteiger partial charge in [0.15, 0.2) is 0 Å². The Bertz CT molecular complexity index is 635. The first-order chi connectivity index (χ1) is 10.7. The number of carbonyl (C=O) groups excluding carboxylic acids is 1. The first-order valence-corrected chi connectivity index (χ1v) is 7.49. The second-order valence-electron chi connectivity index (χ2n) is 5.05. The minimum absolute atomic E-state index is 0.162. The average molecular weight is 321 g/mol. The number of hydrogen-bond donors (Lipinski definition) is 2. The van der Waals surface area contributed by atoms with E-state index in [-0.39, 0.29) is 5.91 Å². The van der Waals surface area contributed by atoms with Gasteiger partial charge >= 0.3 is 0 Å². The number of rotatable bonds is 4. The number of amides is 1. The van der Waals surface area contributed by atoms with Crippen LogP contribution in [0.4, 0.5) is 5.82 Å². The van der Waals surface area contributed by atoms with Crippen LogP contribution in [0.3, 0.4) is 0 Å². The Morgan fingerprint density at radius 2 is 2.23 bits per heavy atom. The summed E-state index contributed by atoms with van der Waals surface area (Å²) in [6.45, 7) is 2.40. The predicted octanol–water partition coefficient (Wildman–Crippen LogP) is 1.51. The molecule has 0 spiro atoms. The van der Waals surface area contributed by atoms with Crippen molar-refractivity contribution in [3.05, 3.63) is 47.1 Å². The van der Waals surface area contributed by atoms with Crippen LogP contribution in [0.15, 0.2) is 36.5 Å². The van der Waals surface area contributed by atoms with Crippen LogP contribution in [0, 0.1) is 0 Å². The van der Waals surface area contributed by atoms with Crippen molar-refractivity contribution in [2.45, 2.75) is 12.6 Å². The third-order valence-corrected chi connectivity index (χ3v) is 3.69. The molecular formula is C15H17ClN4O2. The Labute approximate surface area is 133 Å². The summed E-state index contributed by atoms with van der Waals surface area (Å²) >= 11 is 5.88. The molecule has 1 saturated heterocycles. The Hall–Kier alpha value is -1.89. The molecule has 0 aliphatic carbocycles. The summed E-state index contributed by atoms with van der Waals surface area (Å²) in [7, 11) is 0. The van der Waals surface area contributed by atoms with Gasteiger partial charge in [-0.05, 0) is 17.7 Å². The molecule has 0 bridgehead atoms. The van der Waals surface area contributed by atoms with Gasteiger partial charge in [0.25, 0.3) is 5.91 Å². The van der Waals surface area contributed by atoms with Gasteiger partial charge in [0.1, 0.15) is 11.9 Å². The van der Waals surface area contributed by atoms with Crippen LogP contribution >= 0.6 is 11.6 Å². The highest BCUT2D eigenvalue weighted by molar-refractivity contribution is 6.30. The van der Waals surface area contributed by atoms with E-state index in [9.17, 15) is 4.79 Å². The van der Waals surface area contributed by atoms with Crippen molar-refractivity contribution < 1.29 is 9.53 Å². The van der Waals surface area contributed by atoms with Gasteiger partial charge in [0.2, 0.25) is 0 Å². The van der Waals surface area contributed by atoms with E-state index < -0.39 is 6.10 Å². The van der Waals surface area contributed by atoms with E-state index in [1.54, 1.807) is 16.9 Å². The van der Waals surface area contributed by atoms with Gasteiger partial charge in [0.05, 0.1) is 19.3 Å². The second kappa shape index (κ2) is 6.91. The molecule has 2 N–H and O–H groups in total. The molecule has 116 valence electrons. The van der Waals surface area contributed by atoms with E-state index in [2.05, 4.69) is 15.7 Å². The summed E-state index contributed by atoms with van der Waals surface area (Å²) in [4.78, 5) is 12.2. The zero-order chi connectivity index (χ0) is 15.4. The van der Waals surface area contributed by atoms with Crippen molar-refractivity contribution in [3.63, 3.8) is 0 Å². The summed E-state index contributed by atoms with van der Waals surface area (Å²) in [6, 6.07) is 9.30. The number of benzene rings is 1. The van der Waals surface area contributed by atoms with Crippen molar-refractivity contribution in [1.29, 1.82) is 0 Å². The van der Waals surface area contributed by atoms with E-state index in [4.69, 9.17) is 16.3 Å². The second-order valence-corrected chi connectivity index (χ2v) is 5.49. The first-order valence-electron chi connectivity index (χ1n) is 7.12. The molecule has 2 aromatic rings. The third kappa shape index (κ3) is 3.65. The molecule has 3 rings (SSSR count). The lowest BCUT2D eigenvalue weighted by Crippen LogP contribution is -2.45. The van der Waals surface area contributed by atoms with Gasteiger partial charge in [-0.3, -0.25) is 4.79 Å². The molecule has 1 aromatic carbocycles. The highest BCUT2D eigenvalue weighted by Gasteiger charge is 2.22. The van der Waals surface area contributed by atoms with Crippen LogP contribution < -0.4 is 10.6 Å². The molecular weight excluding hydrogens is 304 g/mol. The van der Waals surface area contributed by atoms with E-state index in [0.29, 0.717) is 30.5 Å². The summed E-state index contributed by atoms with van der Waals surface area (Å²) < 4.78 is 7.17. The number of nitrogens with one attached hydrogen (secondary N) is 2. The number of anilines is 1. The Morgan fingerprint density at radius 1 is 1.41 bits per heavy atom. The predicted molar refractivity (Wildman–Crippen MR) is 84.0 cm³/mol. The summed E-state index contributed by atoms with van der Waals surface area (Å²) in [6.07, 6.45) is 1.19. The van der Waals surface area contributed by atoms with E-state index in [1.807, 2.05) is 24.3 Å². The smallest absolute Gasteiger partial charge is 0.255 e. The topological polar surface area (TPSA) is 68.2 Å². The first kappa shape index (κ1) is 15.0. The van der Waals surface area contributed by atoms with Gasteiger partial charge in [-0.1, -0.05) is 23.7 Å². The van der Waals surface area contributed by atoms with Crippen LogP contribution in [0.2, 0.25) is 5.02 Å². The van der Waals surface area contributed by atoms with Gasteiger partial charge in [-0.25, -0.2) is 4.68 Å². The molecule has 1 aromatic heterocycles. The van der Waals surface area contributed by atoms with Crippen molar-refractivity contribution >= 4 is 23.3 Å². The molecule has 0 saturated carbocycles. The average Bonchev–Trinajstić information content (AvgIpc) is 2.97. The quantitative estimate of drug-likeness (QED) is 0.896. The van der Waals surface area contributed by atoms with Crippen molar-refractivity contribution in [1.82, 2.24) is 15.1 Å². The maximum Gasteiger partial charge on any atom is 0.255 e. The van der Waals surface area contributed by atoms with E-state index in [0.717, 1.165) is 12.1 Å². The number of halogens is 1. The number of morpholine rings is 1. The molecule has 7 heteroatoms. The number of carbonyl (C=O) groups is 1.